The molecule has 4 heteroatoms. The lowest BCUT2D eigenvalue weighted by Crippen LogP contribution is -2.20. The van der Waals surface area contributed by atoms with E-state index in [4.69, 9.17) is 17.3 Å². The van der Waals surface area contributed by atoms with Gasteiger partial charge in [0.05, 0.1) is 6.10 Å². The first-order chi connectivity index (χ1) is 7.47. The van der Waals surface area contributed by atoms with E-state index in [1.165, 1.54) is 0 Å². The molecular weight excluding hydrogens is 226 g/mol. The number of anilines is 1. The molecular formula is C12H18ClNO2. The number of nitrogens with two attached hydrogens (primary N) is 1. The fraction of sp³-hybridized carbons (Fsp3) is 0.500. The fourth-order valence-electron chi connectivity index (χ4n) is 1.73. The maximum atomic E-state index is 9.96. The molecule has 16 heavy (non-hydrogen) atoms. The smallest absolute Gasteiger partial charge is 0.107 e. The van der Waals surface area contributed by atoms with Crippen LogP contribution in [0.2, 0.25) is 0 Å². The van der Waals surface area contributed by atoms with Gasteiger partial charge in [0, 0.05) is 17.1 Å². The van der Waals surface area contributed by atoms with Crippen LogP contribution in [-0.2, 0) is 0 Å². The van der Waals surface area contributed by atoms with E-state index in [1.807, 2.05) is 19.9 Å². The van der Waals surface area contributed by atoms with Crippen molar-refractivity contribution in [1.29, 1.82) is 0 Å². The maximum Gasteiger partial charge on any atom is 0.107 e. The third-order valence-corrected chi connectivity index (χ3v) is 2.87. The summed E-state index contributed by atoms with van der Waals surface area (Å²) in [6.45, 7) is 3.81. The Kier molecular flexibility index (Phi) is 4.59. The van der Waals surface area contributed by atoms with Crippen LogP contribution >= 0.6 is 11.6 Å². The van der Waals surface area contributed by atoms with Crippen molar-refractivity contribution >= 4 is 17.3 Å². The van der Waals surface area contributed by atoms with Gasteiger partial charge in [0.2, 0.25) is 0 Å². The number of nitrogen functional groups attached to an aromatic ring is 1. The average molecular weight is 244 g/mol. The lowest BCUT2D eigenvalue weighted by Gasteiger charge is -2.20. The van der Waals surface area contributed by atoms with Gasteiger partial charge in [-0.25, -0.2) is 0 Å². The Bertz CT molecular complexity index is 368. The van der Waals surface area contributed by atoms with Crippen LogP contribution in [-0.4, -0.2) is 22.2 Å². The Hall–Kier alpha value is -0.770. The molecule has 0 fully saturated rings. The fourth-order valence-corrected chi connectivity index (χ4v) is 1.96. The summed E-state index contributed by atoms with van der Waals surface area (Å²) in [5, 5.41) is 19.6. The molecule has 2 atom stereocenters. The average Bonchev–Trinajstić information content (AvgIpc) is 2.22. The molecule has 0 amide bonds. The molecule has 0 aliphatic heterocycles. The molecule has 0 saturated heterocycles. The van der Waals surface area contributed by atoms with Crippen molar-refractivity contribution < 1.29 is 10.2 Å². The van der Waals surface area contributed by atoms with Crippen molar-refractivity contribution in [2.45, 2.75) is 32.5 Å². The number of hydrogen-bond donors (Lipinski definition) is 3. The van der Waals surface area contributed by atoms with Crippen molar-refractivity contribution in [2.24, 2.45) is 0 Å². The Morgan fingerprint density at radius 2 is 1.94 bits per heavy atom. The van der Waals surface area contributed by atoms with Gasteiger partial charge in [0.1, 0.15) is 6.10 Å². The summed E-state index contributed by atoms with van der Waals surface area (Å²) in [6, 6.07) is 3.74. The second-order valence-corrected chi connectivity index (χ2v) is 4.45. The summed E-state index contributed by atoms with van der Waals surface area (Å²) >= 11 is 5.53. The lowest BCUT2D eigenvalue weighted by molar-refractivity contribution is 0.0174. The zero-order valence-electron chi connectivity index (χ0n) is 9.57. The maximum absolute atomic E-state index is 9.96. The predicted octanol–water partition coefficient (Wildman–Crippen LogP) is 1.91. The highest BCUT2D eigenvalue weighted by molar-refractivity contribution is 6.17. The van der Waals surface area contributed by atoms with E-state index in [2.05, 4.69) is 0 Å². The van der Waals surface area contributed by atoms with Crippen LogP contribution in [0.15, 0.2) is 12.1 Å². The van der Waals surface area contributed by atoms with E-state index >= 15 is 0 Å². The van der Waals surface area contributed by atoms with E-state index in [1.54, 1.807) is 6.07 Å². The Balaban J connectivity index is 3.03. The lowest BCUT2D eigenvalue weighted by atomic mass is 9.96. The SMILES string of the molecule is Cc1cc(C)c(N)c(C(O)C(O)CCCl)c1. The summed E-state index contributed by atoms with van der Waals surface area (Å²) in [6.07, 6.45) is -1.51. The highest BCUT2D eigenvalue weighted by atomic mass is 35.5. The molecule has 90 valence electrons. The van der Waals surface area contributed by atoms with E-state index in [0.717, 1.165) is 11.1 Å². The van der Waals surface area contributed by atoms with Gasteiger partial charge < -0.3 is 15.9 Å². The number of aliphatic hydroxyl groups excluding tert-OH is 2. The number of benzene rings is 1. The van der Waals surface area contributed by atoms with Crippen LogP contribution in [0.4, 0.5) is 5.69 Å². The second kappa shape index (κ2) is 5.53. The van der Waals surface area contributed by atoms with Gasteiger partial charge in [-0.3, -0.25) is 0 Å². The minimum Gasteiger partial charge on any atom is -0.398 e. The van der Waals surface area contributed by atoms with E-state index in [0.29, 0.717) is 23.6 Å². The molecule has 1 rings (SSSR count). The highest BCUT2D eigenvalue weighted by Gasteiger charge is 2.20. The van der Waals surface area contributed by atoms with Gasteiger partial charge in [-0.05, 0) is 25.8 Å². The van der Waals surface area contributed by atoms with Gasteiger partial charge in [0.25, 0.3) is 0 Å². The third-order valence-electron chi connectivity index (χ3n) is 2.65. The Morgan fingerprint density at radius 3 is 2.50 bits per heavy atom. The molecule has 3 nitrogen and oxygen atoms in total. The monoisotopic (exact) mass is 243 g/mol. The summed E-state index contributed by atoms with van der Waals surface area (Å²) in [7, 11) is 0. The standard InChI is InChI=1S/C12H18ClNO2/c1-7-5-8(2)11(14)9(6-7)12(16)10(15)3-4-13/h5-6,10,12,15-16H,3-4,14H2,1-2H3. The number of halogens is 1. The third kappa shape index (κ3) is 2.88. The van der Waals surface area contributed by atoms with E-state index in [-0.39, 0.29) is 0 Å². The number of rotatable bonds is 4. The molecule has 0 spiro atoms. The number of hydrogen-bond acceptors (Lipinski definition) is 3. The zero-order chi connectivity index (χ0) is 12.3. The summed E-state index contributed by atoms with van der Waals surface area (Å²) in [4.78, 5) is 0. The first kappa shape index (κ1) is 13.3. The predicted molar refractivity (Wildman–Crippen MR) is 66.6 cm³/mol. The number of aliphatic hydroxyl groups is 2. The van der Waals surface area contributed by atoms with Crippen LogP contribution in [0.3, 0.4) is 0 Å². The zero-order valence-corrected chi connectivity index (χ0v) is 10.3. The van der Waals surface area contributed by atoms with E-state index < -0.39 is 12.2 Å². The molecule has 1 aromatic rings. The van der Waals surface area contributed by atoms with Crippen molar-refractivity contribution in [2.75, 3.05) is 11.6 Å². The van der Waals surface area contributed by atoms with Crippen molar-refractivity contribution in [3.8, 4) is 0 Å². The molecule has 1 aromatic carbocycles. The van der Waals surface area contributed by atoms with Crippen LogP contribution < -0.4 is 5.73 Å². The first-order valence-corrected chi connectivity index (χ1v) is 5.79. The minimum atomic E-state index is -0.975. The molecule has 0 saturated carbocycles. The largest absolute Gasteiger partial charge is 0.398 e. The number of aryl methyl sites for hydroxylation is 2. The molecule has 0 aliphatic rings. The van der Waals surface area contributed by atoms with Crippen molar-refractivity contribution in [3.63, 3.8) is 0 Å². The summed E-state index contributed by atoms with van der Waals surface area (Å²) in [5.74, 6) is 0.308. The normalized spacial score (nSPS) is 14.8. The van der Waals surface area contributed by atoms with Gasteiger partial charge >= 0.3 is 0 Å². The summed E-state index contributed by atoms with van der Waals surface area (Å²) in [5.41, 5.74) is 8.92. The van der Waals surface area contributed by atoms with Crippen LogP contribution in [0.5, 0.6) is 0 Å². The van der Waals surface area contributed by atoms with Gasteiger partial charge in [-0.2, -0.15) is 0 Å². The minimum absolute atomic E-state index is 0.308. The molecule has 4 N–H and O–H groups in total. The highest BCUT2D eigenvalue weighted by Crippen LogP contribution is 2.28. The molecule has 0 heterocycles. The van der Waals surface area contributed by atoms with Gasteiger partial charge in [-0.1, -0.05) is 17.7 Å². The van der Waals surface area contributed by atoms with E-state index in [9.17, 15) is 10.2 Å². The molecule has 2 unspecified atom stereocenters. The topological polar surface area (TPSA) is 66.5 Å². The van der Waals surface area contributed by atoms with Gasteiger partial charge in [-0.15, -0.1) is 11.6 Å². The summed E-state index contributed by atoms with van der Waals surface area (Å²) < 4.78 is 0. The van der Waals surface area contributed by atoms with Crippen LogP contribution in [0, 0.1) is 13.8 Å². The Morgan fingerprint density at radius 1 is 1.31 bits per heavy atom. The molecule has 0 bridgehead atoms. The van der Waals surface area contributed by atoms with Crippen LogP contribution in [0.1, 0.15) is 29.2 Å². The van der Waals surface area contributed by atoms with Gasteiger partial charge in [0.15, 0.2) is 0 Å². The number of alkyl halides is 1. The Labute approximate surface area is 101 Å². The molecule has 0 aromatic heterocycles. The first-order valence-electron chi connectivity index (χ1n) is 5.26. The van der Waals surface area contributed by atoms with Crippen molar-refractivity contribution in [3.05, 3.63) is 28.8 Å². The van der Waals surface area contributed by atoms with Crippen LogP contribution in [0.25, 0.3) is 0 Å². The van der Waals surface area contributed by atoms with Crippen molar-refractivity contribution in [1.82, 2.24) is 0 Å². The quantitative estimate of drug-likeness (QED) is 0.559. The second-order valence-electron chi connectivity index (χ2n) is 4.07. The molecule has 0 radical (unpaired) electrons. The molecule has 0 aliphatic carbocycles.